The number of carbonyl (C=O) groups excluding carboxylic acids is 1. The zero-order valence-electron chi connectivity index (χ0n) is 9.82. The van der Waals surface area contributed by atoms with Gasteiger partial charge in [0.1, 0.15) is 23.6 Å². The molecule has 1 aromatic carbocycles. The first-order valence-corrected chi connectivity index (χ1v) is 5.17. The minimum Gasteiger partial charge on any atom is -0.298 e. The smallest absolute Gasteiger partial charge is 0.295 e. The third-order valence-corrected chi connectivity index (χ3v) is 2.44. The Labute approximate surface area is 102 Å². The molecule has 2 rings (SSSR count). The van der Waals surface area contributed by atoms with E-state index < -0.39 is 4.92 Å². The van der Waals surface area contributed by atoms with Crippen molar-refractivity contribution < 1.29 is 9.72 Å². The van der Waals surface area contributed by atoms with Gasteiger partial charge in [-0.2, -0.15) is 5.10 Å². The highest BCUT2D eigenvalue weighted by atomic mass is 16.6. The molecule has 7 heteroatoms. The van der Waals surface area contributed by atoms with Crippen molar-refractivity contribution in [1.82, 2.24) is 14.8 Å². The van der Waals surface area contributed by atoms with Gasteiger partial charge < -0.3 is 0 Å². The molecular formula is C11H10N4O3. The normalized spacial score (nSPS) is 10.3. The predicted octanol–water partition coefficient (Wildman–Crippen LogP) is 1.60. The average molecular weight is 246 g/mol. The first-order chi connectivity index (χ1) is 8.52. The first-order valence-electron chi connectivity index (χ1n) is 5.17. The largest absolute Gasteiger partial charge is 0.298 e. The third kappa shape index (κ3) is 1.97. The molecule has 0 spiro atoms. The maximum atomic E-state index is 11.0. The van der Waals surface area contributed by atoms with Gasteiger partial charge in [-0.25, -0.2) is 9.67 Å². The van der Waals surface area contributed by atoms with Crippen molar-refractivity contribution in [3.05, 3.63) is 45.5 Å². The fraction of sp³-hybridized carbons (Fsp3) is 0.182. The van der Waals surface area contributed by atoms with Crippen LogP contribution < -0.4 is 0 Å². The molecule has 7 nitrogen and oxygen atoms in total. The van der Waals surface area contributed by atoms with Crippen molar-refractivity contribution in [1.29, 1.82) is 0 Å². The van der Waals surface area contributed by atoms with Gasteiger partial charge in [-0.1, -0.05) is 0 Å². The number of benzene rings is 1. The molecule has 2 aromatic rings. The number of aldehydes is 1. The van der Waals surface area contributed by atoms with Gasteiger partial charge in [0, 0.05) is 11.6 Å². The summed E-state index contributed by atoms with van der Waals surface area (Å²) in [7, 11) is 0. The summed E-state index contributed by atoms with van der Waals surface area (Å²) in [6.07, 6.45) is 0.566. The van der Waals surface area contributed by atoms with Gasteiger partial charge in [-0.05, 0) is 26.0 Å². The fourth-order valence-electron chi connectivity index (χ4n) is 1.69. The number of aryl methyl sites for hydroxylation is 2. The van der Waals surface area contributed by atoms with Crippen LogP contribution in [0.25, 0.3) is 5.69 Å². The minimum atomic E-state index is -0.543. The van der Waals surface area contributed by atoms with Crippen LogP contribution in [-0.4, -0.2) is 26.0 Å². The molecule has 0 N–H and O–H groups in total. The number of hydrogen-bond donors (Lipinski definition) is 0. The lowest BCUT2D eigenvalue weighted by Gasteiger charge is -2.04. The van der Waals surface area contributed by atoms with Crippen molar-refractivity contribution >= 4 is 12.0 Å². The van der Waals surface area contributed by atoms with E-state index in [0.717, 1.165) is 0 Å². The van der Waals surface area contributed by atoms with Crippen LogP contribution in [0.3, 0.4) is 0 Å². The summed E-state index contributed by atoms with van der Waals surface area (Å²) in [6.45, 7) is 3.41. The van der Waals surface area contributed by atoms with Crippen molar-refractivity contribution in [3.63, 3.8) is 0 Å². The Bertz CT molecular complexity index is 633. The van der Waals surface area contributed by atoms with Crippen LogP contribution in [0.15, 0.2) is 18.2 Å². The Morgan fingerprint density at radius 3 is 2.61 bits per heavy atom. The van der Waals surface area contributed by atoms with Gasteiger partial charge in [0.2, 0.25) is 0 Å². The average Bonchev–Trinajstić information content (AvgIpc) is 2.67. The topological polar surface area (TPSA) is 90.9 Å². The Hall–Kier alpha value is -2.57. The summed E-state index contributed by atoms with van der Waals surface area (Å²) >= 11 is 0. The molecule has 0 saturated heterocycles. The SMILES string of the molecule is Cc1nc(C)n(-c2ccc(C=O)cc2[N+](=O)[O-])n1. The van der Waals surface area contributed by atoms with E-state index in [1.165, 1.54) is 22.9 Å². The van der Waals surface area contributed by atoms with Crippen LogP contribution in [0.5, 0.6) is 0 Å². The van der Waals surface area contributed by atoms with E-state index in [-0.39, 0.29) is 11.3 Å². The van der Waals surface area contributed by atoms with Crippen molar-refractivity contribution in [2.75, 3.05) is 0 Å². The van der Waals surface area contributed by atoms with E-state index in [2.05, 4.69) is 10.1 Å². The molecular weight excluding hydrogens is 236 g/mol. The number of carbonyl (C=O) groups is 1. The summed E-state index contributed by atoms with van der Waals surface area (Å²) in [5.41, 5.74) is 0.372. The molecule has 0 fully saturated rings. The molecule has 0 saturated carbocycles. The lowest BCUT2D eigenvalue weighted by atomic mass is 10.2. The van der Waals surface area contributed by atoms with Crippen molar-refractivity contribution in [2.24, 2.45) is 0 Å². The second-order valence-corrected chi connectivity index (χ2v) is 3.74. The molecule has 0 atom stereocenters. The number of rotatable bonds is 3. The Morgan fingerprint density at radius 1 is 1.39 bits per heavy atom. The number of nitro benzene ring substituents is 1. The van der Waals surface area contributed by atoms with E-state index in [9.17, 15) is 14.9 Å². The molecule has 18 heavy (non-hydrogen) atoms. The molecule has 0 aliphatic carbocycles. The highest BCUT2D eigenvalue weighted by molar-refractivity contribution is 5.77. The van der Waals surface area contributed by atoms with Crippen LogP contribution in [0.1, 0.15) is 22.0 Å². The van der Waals surface area contributed by atoms with Crippen LogP contribution in [-0.2, 0) is 0 Å². The molecule has 0 aliphatic heterocycles. The fourth-order valence-corrected chi connectivity index (χ4v) is 1.69. The molecule has 0 bridgehead atoms. The quantitative estimate of drug-likeness (QED) is 0.466. The first kappa shape index (κ1) is 11.9. The molecule has 1 aromatic heterocycles. The Morgan fingerprint density at radius 2 is 2.11 bits per heavy atom. The molecule has 0 unspecified atom stereocenters. The maximum absolute atomic E-state index is 11.0. The van der Waals surface area contributed by atoms with E-state index in [0.29, 0.717) is 23.6 Å². The zero-order valence-corrected chi connectivity index (χ0v) is 9.82. The molecule has 92 valence electrons. The number of nitrogens with zero attached hydrogens (tertiary/aromatic N) is 4. The molecule has 0 amide bonds. The highest BCUT2D eigenvalue weighted by Crippen LogP contribution is 2.24. The van der Waals surface area contributed by atoms with Gasteiger partial charge in [0.15, 0.2) is 0 Å². The van der Waals surface area contributed by atoms with E-state index in [4.69, 9.17) is 0 Å². The maximum Gasteiger partial charge on any atom is 0.295 e. The summed E-state index contributed by atoms with van der Waals surface area (Å²) in [5.74, 6) is 1.08. The molecule has 0 aliphatic rings. The summed E-state index contributed by atoms with van der Waals surface area (Å²) < 4.78 is 1.39. The van der Waals surface area contributed by atoms with Gasteiger partial charge in [0.25, 0.3) is 5.69 Å². The van der Waals surface area contributed by atoms with Gasteiger partial charge >= 0.3 is 0 Å². The summed E-state index contributed by atoms with van der Waals surface area (Å²) in [4.78, 5) is 25.2. The Balaban J connectivity index is 2.67. The standard InChI is InChI=1S/C11H10N4O3/c1-7-12-8(2)14(13-7)10-4-3-9(6-16)5-11(10)15(17)18/h3-6H,1-2H3. The van der Waals surface area contributed by atoms with E-state index in [1.54, 1.807) is 13.8 Å². The van der Waals surface area contributed by atoms with Crippen molar-refractivity contribution in [2.45, 2.75) is 13.8 Å². The van der Waals surface area contributed by atoms with E-state index in [1.807, 2.05) is 0 Å². The molecule has 1 heterocycles. The zero-order chi connectivity index (χ0) is 13.3. The molecule has 0 radical (unpaired) electrons. The van der Waals surface area contributed by atoms with E-state index >= 15 is 0 Å². The number of aromatic nitrogens is 3. The lowest BCUT2D eigenvalue weighted by molar-refractivity contribution is -0.384. The van der Waals surface area contributed by atoms with Crippen LogP contribution in [0, 0.1) is 24.0 Å². The van der Waals surface area contributed by atoms with Crippen molar-refractivity contribution in [3.8, 4) is 5.69 Å². The third-order valence-electron chi connectivity index (χ3n) is 2.44. The number of nitro groups is 1. The lowest BCUT2D eigenvalue weighted by Crippen LogP contribution is -2.04. The van der Waals surface area contributed by atoms with Crippen LogP contribution in [0.2, 0.25) is 0 Å². The highest BCUT2D eigenvalue weighted by Gasteiger charge is 2.18. The number of hydrogen-bond acceptors (Lipinski definition) is 5. The second kappa shape index (κ2) is 4.36. The second-order valence-electron chi connectivity index (χ2n) is 3.74. The van der Waals surface area contributed by atoms with Gasteiger partial charge in [-0.3, -0.25) is 14.9 Å². The Kier molecular flexibility index (Phi) is 2.88. The van der Waals surface area contributed by atoms with Crippen LogP contribution >= 0.6 is 0 Å². The summed E-state index contributed by atoms with van der Waals surface area (Å²) in [6, 6.07) is 4.22. The monoisotopic (exact) mass is 246 g/mol. The van der Waals surface area contributed by atoms with Gasteiger partial charge in [0.05, 0.1) is 4.92 Å². The minimum absolute atomic E-state index is 0.174. The van der Waals surface area contributed by atoms with Gasteiger partial charge in [-0.15, -0.1) is 0 Å². The predicted molar refractivity (Wildman–Crippen MR) is 62.9 cm³/mol. The summed E-state index contributed by atoms with van der Waals surface area (Å²) in [5, 5.41) is 15.1. The van der Waals surface area contributed by atoms with Crippen LogP contribution in [0.4, 0.5) is 5.69 Å².